The van der Waals surface area contributed by atoms with E-state index in [1.807, 2.05) is 6.92 Å². The van der Waals surface area contributed by atoms with Gasteiger partial charge in [0.2, 0.25) is 5.89 Å². The van der Waals surface area contributed by atoms with Crippen LogP contribution in [0, 0.1) is 0 Å². The Labute approximate surface area is 95.1 Å². The molecular formula is C9H11F3N2OS. The number of hydrogen-bond donors (Lipinski definition) is 0. The highest BCUT2D eigenvalue weighted by Crippen LogP contribution is 2.21. The second-order valence-electron chi connectivity index (χ2n) is 2.98. The molecule has 1 aromatic rings. The molecule has 90 valence electrons. The summed E-state index contributed by atoms with van der Waals surface area (Å²) < 4.78 is 41.0. The molecule has 1 heterocycles. The van der Waals surface area contributed by atoms with Gasteiger partial charge in [-0.2, -0.15) is 8.78 Å². The van der Waals surface area contributed by atoms with Gasteiger partial charge in [0.25, 0.3) is 5.22 Å². The van der Waals surface area contributed by atoms with Crippen molar-refractivity contribution in [2.75, 3.05) is 5.75 Å². The van der Waals surface area contributed by atoms with Gasteiger partial charge in [-0.15, -0.1) is 10.2 Å². The lowest BCUT2D eigenvalue weighted by Gasteiger charge is -1.94. The number of rotatable bonds is 6. The minimum atomic E-state index is -2.27. The Bertz CT molecular complexity index is 363. The van der Waals surface area contributed by atoms with E-state index in [1.54, 1.807) is 0 Å². The highest BCUT2D eigenvalue weighted by molar-refractivity contribution is 7.99. The van der Waals surface area contributed by atoms with Crippen LogP contribution in [0.25, 0.3) is 0 Å². The summed E-state index contributed by atoms with van der Waals surface area (Å²) in [5, 5.41) is 7.73. The van der Waals surface area contributed by atoms with Gasteiger partial charge < -0.3 is 4.42 Å². The lowest BCUT2D eigenvalue weighted by atomic mass is 10.3. The third-order valence-corrected chi connectivity index (χ3v) is 2.48. The van der Waals surface area contributed by atoms with Crippen molar-refractivity contribution in [2.24, 2.45) is 0 Å². The van der Waals surface area contributed by atoms with Crippen LogP contribution in [-0.2, 0) is 6.42 Å². The van der Waals surface area contributed by atoms with Crippen molar-refractivity contribution in [3.05, 3.63) is 17.8 Å². The largest absolute Gasteiger partial charge is 0.416 e. The number of thioether (sulfide) groups is 1. The molecule has 0 aromatic carbocycles. The maximum Gasteiger partial charge on any atom is 0.301 e. The third kappa shape index (κ3) is 4.26. The predicted molar refractivity (Wildman–Crippen MR) is 54.0 cm³/mol. The van der Waals surface area contributed by atoms with Crippen molar-refractivity contribution in [1.82, 2.24) is 10.2 Å². The topological polar surface area (TPSA) is 38.9 Å². The Morgan fingerprint density at radius 2 is 2.06 bits per heavy atom. The second-order valence-corrected chi connectivity index (χ2v) is 4.02. The molecule has 0 aliphatic carbocycles. The zero-order chi connectivity index (χ0) is 12.0. The molecule has 0 spiro atoms. The van der Waals surface area contributed by atoms with Crippen molar-refractivity contribution in [3.63, 3.8) is 0 Å². The number of nitrogens with zero attached hydrogens (tertiary/aromatic N) is 2. The van der Waals surface area contributed by atoms with Crippen LogP contribution in [0.5, 0.6) is 0 Å². The summed E-state index contributed by atoms with van der Waals surface area (Å²) in [5.74, 6) is -0.727. The second kappa shape index (κ2) is 6.57. The molecule has 1 aromatic heterocycles. The van der Waals surface area contributed by atoms with Crippen LogP contribution in [0.4, 0.5) is 13.2 Å². The van der Waals surface area contributed by atoms with E-state index in [4.69, 9.17) is 4.42 Å². The van der Waals surface area contributed by atoms with Gasteiger partial charge in [0.1, 0.15) is 0 Å². The van der Waals surface area contributed by atoms with Crippen LogP contribution in [-0.4, -0.2) is 16.0 Å². The SMILES string of the molecule is CCCc1nnc(SCCC(F)=C(F)F)o1. The molecule has 0 amide bonds. The van der Waals surface area contributed by atoms with Crippen LogP contribution < -0.4 is 0 Å². The number of halogens is 3. The van der Waals surface area contributed by atoms with E-state index in [2.05, 4.69) is 10.2 Å². The average molecular weight is 252 g/mol. The summed E-state index contributed by atoms with van der Waals surface area (Å²) in [6.07, 6.45) is -1.03. The van der Waals surface area contributed by atoms with Crippen LogP contribution in [0.3, 0.4) is 0 Å². The van der Waals surface area contributed by atoms with E-state index in [0.29, 0.717) is 12.3 Å². The first kappa shape index (κ1) is 13.1. The standard InChI is InChI=1S/C9H11F3N2OS/c1-2-3-7-13-14-9(15-7)16-5-4-6(10)8(11)12/h2-5H2,1H3. The first-order valence-corrected chi connectivity index (χ1v) is 5.77. The Kier molecular flexibility index (Phi) is 5.37. The Morgan fingerprint density at radius 1 is 1.31 bits per heavy atom. The fourth-order valence-electron chi connectivity index (χ4n) is 0.934. The maximum atomic E-state index is 12.4. The molecule has 16 heavy (non-hydrogen) atoms. The number of allylic oxidation sites excluding steroid dienone is 1. The van der Waals surface area contributed by atoms with Crippen LogP contribution in [0.2, 0.25) is 0 Å². The molecule has 0 aliphatic rings. The third-order valence-electron chi connectivity index (χ3n) is 1.66. The van der Waals surface area contributed by atoms with E-state index in [1.165, 1.54) is 0 Å². The number of hydrogen-bond acceptors (Lipinski definition) is 4. The molecular weight excluding hydrogens is 241 g/mol. The van der Waals surface area contributed by atoms with Crippen LogP contribution >= 0.6 is 11.8 Å². The Morgan fingerprint density at radius 3 is 2.69 bits per heavy atom. The molecule has 0 fully saturated rings. The molecule has 0 bridgehead atoms. The molecule has 0 N–H and O–H groups in total. The van der Waals surface area contributed by atoms with E-state index < -0.39 is 11.9 Å². The molecule has 0 radical (unpaired) electrons. The minimum Gasteiger partial charge on any atom is -0.416 e. The summed E-state index contributed by atoms with van der Waals surface area (Å²) in [5.41, 5.74) is 0. The van der Waals surface area contributed by atoms with Gasteiger partial charge in [-0.05, 0) is 6.42 Å². The van der Waals surface area contributed by atoms with Crippen molar-refractivity contribution in [1.29, 1.82) is 0 Å². The van der Waals surface area contributed by atoms with Crippen LogP contribution in [0.15, 0.2) is 21.5 Å². The fourth-order valence-corrected chi connectivity index (χ4v) is 1.64. The molecule has 0 saturated carbocycles. The van der Waals surface area contributed by atoms with Crippen molar-refractivity contribution >= 4 is 11.8 Å². The lowest BCUT2D eigenvalue weighted by Crippen LogP contribution is -1.82. The monoisotopic (exact) mass is 252 g/mol. The fraction of sp³-hybridized carbons (Fsp3) is 0.556. The Balaban J connectivity index is 2.34. The average Bonchev–Trinajstić information content (AvgIpc) is 2.66. The first-order chi connectivity index (χ1) is 7.63. The summed E-state index contributed by atoms with van der Waals surface area (Å²) in [4.78, 5) is 0. The van der Waals surface area contributed by atoms with Crippen molar-refractivity contribution in [3.8, 4) is 0 Å². The van der Waals surface area contributed by atoms with Gasteiger partial charge >= 0.3 is 6.08 Å². The first-order valence-electron chi connectivity index (χ1n) is 4.78. The minimum absolute atomic E-state index is 0.150. The molecule has 3 nitrogen and oxygen atoms in total. The van der Waals surface area contributed by atoms with Crippen molar-refractivity contribution in [2.45, 2.75) is 31.4 Å². The number of aromatic nitrogens is 2. The molecule has 0 unspecified atom stereocenters. The van der Waals surface area contributed by atoms with E-state index in [0.717, 1.165) is 18.2 Å². The lowest BCUT2D eigenvalue weighted by molar-refractivity contribution is 0.373. The van der Waals surface area contributed by atoms with Crippen LogP contribution in [0.1, 0.15) is 25.7 Å². The van der Waals surface area contributed by atoms with E-state index in [9.17, 15) is 13.2 Å². The maximum absolute atomic E-state index is 12.4. The summed E-state index contributed by atoms with van der Waals surface area (Å²) >= 11 is 1.07. The summed E-state index contributed by atoms with van der Waals surface area (Å²) in [6.45, 7) is 1.97. The smallest absolute Gasteiger partial charge is 0.301 e. The predicted octanol–water partition coefficient (Wildman–Crippen LogP) is 3.58. The highest BCUT2D eigenvalue weighted by Gasteiger charge is 2.08. The van der Waals surface area contributed by atoms with Gasteiger partial charge in [0.15, 0.2) is 5.83 Å². The number of aryl methyl sites for hydroxylation is 1. The molecule has 7 heteroatoms. The van der Waals surface area contributed by atoms with E-state index in [-0.39, 0.29) is 17.4 Å². The normalized spacial score (nSPS) is 10.5. The zero-order valence-electron chi connectivity index (χ0n) is 8.67. The van der Waals surface area contributed by atoms with Gasteiger partial charge in [-0.1, -0.05) is 18.7 Å². The zero-order valence-corrected chi connectivity index (χ0v) is 9.49. The Hall–Kier alpha value is -0.980. The van der Waals surface area contributed by atoms with E-state index >= 15 is 0 Å². The molecule has 0 atom stereocenters. The van der Waals surface area contributed by atoms with Gasteiger partial charge in [0.05, 0.1) is 0 Å². The molecule has 0 aliphatic heterocycles. The summed E-state index contributed by atoms with van der Waals surface area (Å²) in [6, 6.07) is 0. The summed E-state index contributed by atoms with van der Waals surface area (Å²) in [7, 11) is 0. The van der Waals surface area contributed by atoms with Gasteiger partial charge in [-0.25, -0.2) is 4.39 Å². The molecule has 1 rings (SSSR count). The molecule has 0 saturated heterocycles. The van der Waals surface area contributed by atoms with Gasteiger partial charge in [-0.3, -0.25) is 0 Å². The van der Waals surface area contributed by atoms with Gasteiger partial charge in [0, 0.05) is 18.6 Å². The van der Waals surface area contributed by atoms with Crippen molar-refractivity contribution < 1.29 is 17.6 Å². The highest BCUT2D eigenvalue weighted by atomic mass is 32.2. The quantitative estimate of drug-likeness (QED) is 0.725.